The second-order valence-corrected chi connectivity index (χ2v) is 5.59. The number of methoxy groups -OCH3 is 1. The van der Waals surface area contributed by atoms with E-state index in [0.29, 0.717) is 29.7 Å². The standard InChI is InChI=1S/C15H20N2O3/c1-19-12-4-5-14(13(6-12)15(16)18)20-9-11-8-17(11)7-10-2-3-10/h4-6,10-11H,2-3,7-9H2,1H3,(H2,16,18). The van der Waals surface area contributed by atoms with E-state index in [2.05, 4.69) is 4.90 Å². The van der Waals surface area contributed by atoms with Gasteiger partial charge in [-0.3, -0.25) is 9.69 Å². The van der Waals surface area contributed by atoms with Gasteiger partial charge in [0.15, 0.2) is 0 Å². The van der Waals surface area contributed by atoms with E-state index in [4.69, 9.17) is 15.2 Å². The molecule has 5 heteroatoms. The number of nitrogens with zero attached hydrogens (tertiary/aromatic N) is 1. The van der Waals surface area contributed by atoms with Crippen LogP contribution in [-0.2, 0) is 0 Å². The Kier molecular flexibility index (Phi) is 3.53. The van der Waals surface area contributed by atoms with Crippen LogP contribution in [0.5, 0.6) is 11.5 Å². The lowest BCUT2D eigenvalue weighted by atomic mass is 10.2. The van der Waals surface area contributed by atoms with Crippen LogP contribution in [0.15, 0.2) is 18.2 Å². The third-order valence-electron chi connectivity index (χ3n) is 3.90. The molecular weight excluding hydrogens is 256 g/mol. The quantitative estimate of drug-likeness (QED) is 0.762. The number of hydrogen-bond donors (Lipinski definition) is 1. The number of benzene rings is 1. The summed E-state index contributed by atoms with van der Waals surface area (Å²) in [5.41, 5.74) is 5.75. The first kappa shape index (κ1) is 13.2. The molecule has 1 aromatic carbocycles. The van der Waals surface area contributed by atoms with Crippen molar-refractivity contribution in [1.29, 1.82) is 0 Å². The second-order valence-electron chi connectivity index (χ2n) is 5.59. The highest BCUT2D eigenvalue weighted by molar-refractivity contribution is 5.96. The first-order valence-electron chi connectivity index (χ1n) is 7.02. The van der Waals surface area contributed by atoms with E-state index in [-0.39, 0.29) is 0 Å². The van der Waals surface area contributed by atoms with Gasteiger partial charge in [-0.05, 0) is 37.0 Å². The van der Waals surface area contributed by atoms with Crippen molar-refractivity contribution >= 4 is 5.91 Å². The van der Waals surface area contributed by atoms with Gasteiger partial charge in [0.2, 0.25) is 0 Å². The molecule has 0 bridgehead atoms. The van der Waals surface area contributed by atoms with E-state index in [1.807, 2.05) is 0 Å². The predicted octanol–water partition coefficient (Wildman–Crippen LogP) is 1.27. The maximum atomic E-state index is 11.4. The van der Waals surface area contributed by atoms with E-state index in [0.717, 1.165) is 12.5 Å². The van der Waals surface area contributed by atoms with Gasteiger partial charge in [0.25, 0.3) is 5.91 Å². The Bertz CT molecular complexity index is 514. The van der Waals surface area contributed by atoms with Crippen LogP contribution in [-0.4, -0.2) is 43.7 Å². The number of carbonyl (C=O) groups excluding carboxylic acids is 1. The first-order chi connectivity index (χ1) is 9.67. The van der Waals surface area contributed by atoms with E-state index in [1.54, 1.807) is 25.3 Å². The van der Waals surface area contributed by atoms with Gasteiger partial charge in [0, 0.05) is 13.1 Å². The number of amides is 1. The summed E-state index contributed by atoms with van der Waals surface area (Å²) in [5, 5.41) is 0. The number of rotatable bonds is 7. The third kappa shape index (κ3) is 3.04. The van der Waals surface area contributed by atoms with Gasteiger partial charge in [0.1, 0.15) is 18.1 Å². The summed E-state index contributed by atoms with van der Waals surface area (Å²) in [7, 11) is 1.56. The lowest BCUT2D eigenvalue weighted by Gasteiger charge is -2.11. The molecule has 1 heterocycles. The fourth-order valence-corrected chi connectivity index (χ4v) is 2.38. The van der Waals surface area contributed by atoms with Gasteiger partial charge in [0.05, 0.1) is 18.7 Å². The largest absolute Gasteiger partial charge is 0.497 e. The summed E-state index contributed by atoms with van der Waals surface area (Å²) in [5.74, 6) is 1.55. The van der Waals surface area contributed by atoms with Crippen LogP contribution >= 0.6 is 0 Å². The Hall–Kier alpha value is -1.75. The van der Waals surface area contributed by atoms with Gasteiger partial charge in [-0.15, -0.1) is 0 Å². The molecule has 1 saturated carbocycles. The molecule has 0 radical (unpaired) electrons. The monoisotopic (exact) mass is 276 g/mol. The van der Waals surface area contributed by atoms with Gasteiger partial charge >= 0.3 is 0 Å². The maximum Gasteiger partial charge on any atom is 0.252 e. The minimum Gasteiger partial charge on any atom is -0.497 e. The molecule has 2 fully saturated rings. The Labute approximate surface area is 118 Å². The molecule has 2 aliphatic rings. The number of nitrogens with two attached hydrogens (primary N) is 1. The summed E-state index contributed by atoms with van der Waals surface area (Å²) < 4.78 is 10.9. The van der Waals surface area contributed by atoms with Gasteiger partial charge in [-0.2, -0.15) is 0 Å². The predicted molar refractivity (Wildman–Crippen MR) is 75.1 cm³/mol. The van der Waals surface area contributed by atoms with Crippen molar-refractivity contribution in [2.75, 3.05) is 26.8 Å². The molecule has 0 aromatic heterocycles. The average molecular weight is 276 g/mol. The number of carbonyl (C=O) groups is 1. The molecule has 20 heavy (non-hydrogen) atoms. The Morgan fingerprint density at radius 2 is 2.25 bits per heavy atom. The van der Waals surface area contributed by atoms with Crippen LogP contribution < -0.4 is 15.2 Å². The number of ether oxygens (including phenoxy) is 2. The molecule has 2 atom stereocenters. The average Bonchev–Trinajstić information content (AvgIpc) is 3.35. The Balaban J connectivity index is 1.57. The smallest absolute Gasteiger partial charge is 0.252 e. The van der Waals surface area contributed by atoms with Gasteiger partial charge in [-0.25, -0.2) is 0 Å². The van der Waals surface area contributed by atoms with Crippen molar-refractivity contribution in [2.45, 2.75) is 18.9 Å². The zero-order chi connectivity index (χ0) is 14.1. The van der Waals surface area contributed by atoms with E-state index >= 15 is 0 Å². The highest BCUT2D eigenvalue weighted by Gasteiger charge is 2.38. The fraction of sp³-hybridized carbons (Fsp3) is 0.533. The van der Waals surface area contributed by atoms with Crippen LogP contribution in [0.25, 0.3) is 0 Å². The molecular formula is C15H20N2O3. The molecule has 3 rings (SSSR count). The molecule has 1 aliphatic heterocycles. The molecule has 1 amide bonds. The SMILES string of the molecule is COc1ccc(OCC2CN2CC2CC2)c(C(N)=O)c1. The molecule has 1 saturated heterocycles. The summed E-state index contributed by atoms with van der Waals surface area (Å²) in [6.07, 6.45) is 2.74. The number of hydrogen-bond acceptors (Lipinski definition) is 4. The second kappa shape index (κ2) is 5.32. The minimum atomic E-state index is -0.496. The summed E-state index contributed by atoms with van der Waals surface area (Å²) in [6, 6.07) is 5.62. The molecule has 108 valence electrons. The zero-order valence-corrected chi connectivity index (χ0v) is 11.7. The lowest BCUT2D eigenvalue weighted by Crippen LogP contribution is -2.16. The fourth-order valence-electron chi connectivity index (χ4n) is 2.38. The Morgan fingerprint density at radius 3 is 2.90 bits per heavy atom. The van der Waals surface area contributed by atoms with Crippen LogP contribution in [0.3, 0.4) is 0 Å². The van der Waals surface area contributed by atoms with Crippen molar-refractivity contribution in [3.05, 3.63) is 23.8 Å². The minimum absolute atomic E-state index is 0.374. The molecule has 2 N–H and O–H groups in total. The van der Waals surface area contributed by atoms with Crippen LogP contribution in [0.4, 0.5) is 0 Å². The van der Waals surface area contributed by atoms with Crippen molar-refractivity contribution < 1.29 is 14.3 Å². The van der Waals surface area contributed by atoms with E-state index < -0.39 is 5.91 Å². The molecule has 1 aliphatic carbocycles. The van der Waals surface area contributed by atoms with Crippen LogP contribution in [0.2, 0.25) is 0 Å². The zero-order valence-electron chi connectivity index (χ0n) is 11.7. The van der Waals surface area contributed by atoms with Crippen molar-refractivity contribution in [1.82, 2.24) is 4.90 Å². The molecule has 5 nitrogen and oxygen atoms in total. The third-order valence-corrected chi connectivity index (χ3v) is 3.90. The van der Waals surface area contributed by atoms with Crippen LogP contribution in [0.1, 0.15) is 23.2 Å². The summed E-state index contributed by atoms with van der Waals surface area (Å²) in [6.45, 7) is 2.90. The van der Waals surface area contributed by atoms with Crippen molar-refractivity contribution in [3.8, 4) is 11.5 Å². The highest BCUT2D eigenvalue weighted by Crippen LogP contribution is 2.34. The summed E-state index contributed by atoms with van der Waals surface area (Å²) in [4.78, 5) is 13.9. The lowest BCUT2D eigenvalue weighted by molar-refractivity contribution is 0.0995. The van der Waals surface area contributed by atoms with E-state index in [1.165, 1.54) is 19.4 Å². The van der Waals surface area contributed by atoms with Crippen molar-refractivity contribution in [3.63, 3.8) is 0 Å². The summed E-state index contributed by atoms with van der Waals surface area (Å²) >= 11 is 0. The van der Waals surface area contributed by atoms with E-state index in [9.17, 15) is 4.79 Å². The first-order valence-corrected chi connectivity index (χ1v) is 7.02. The Morgan fingerprint density at radius 1 is 1.45 bits per heavy atom. The van der Waals surface area contributed by atoms with Gasteiger partial charge in [-0.1, -0.05) is 0 Å². The van der Waals surface area contributed by atoms with Crippen LogP contribution in [0, 0.1) is 5.92 Å². The van der Waals surface area contributed by atoms with Crippen molar-refractivity contribution in [2.24, 2.45) is 11.7 Å². The molecule has 2 unspecified atom stereocenters. The normalized spacial score (nSPS) is 24.2. The van der Waals surface area contributed by atoms with Gasteiger partial charge < -0.3 is 15.2 Å². The number of primary amides is 1. The molecule has 1 aromatic rings. The topological polar surface area (TPSA) is 64.6 Å². The highest BCUT2D eigenvalue weighted by atomic mass is 16.5. The maximum absolute atomic E-state index is 11.4. The molecule has 0 spiro atoms.